The molecular formula is C15H13F3N2O2. The van der Waals surface area contributed by atoms with Crippen molar-refractivity contribution in [2.75, 3.05) is 17.3 Å². The zero-order valence-electron chi connectivity index (χ0n) is 11.6. The van der Waals surface area contributed by atoms with Gasteiger partial charge in [0.1, 0.15) is 5.75 Å². The molecule has 0 aliphatic carbocycles. The van der Waals surface area contributed by atoms with E-state index in [1.165, 1.54) is 36.2 Å². The van der Waals surface area contributed by atoms with Crippen molar-refractivity contribution in [1.29, 1.82) is 0 Å². The summed E-state index contributed by atoms with van der Waals surface area (Å²) in [4.78, 5) is 13.3. The number of aromatic hydroxyl groups is 1. The molecule has 2 amide bonds. The molecule has 2 rings (SSSR count). The molecule has 4 nitrogen and oxygen atoms in total. The van der Waals surface area contributed by atoms with Crippen LogP contribution in [0, 0.1) is 0 Å². The first kappa shape index (κ1) is 15.7. The van der Waals surface area contributed by atoms with Gasteiger partial charge in [-0.25, -0.2) is 4.79 Å². The highest BCUT2D eigenvalue weighted by molar-refractivity contribution is 6.01. The molecule has 0 atom stereocenters. The molecule has 0 fully saturated rings. The maximum Gasteiger partial charge on any atom is 0.416 e. The summed E-state index contributed by atoms with van der Waals surface area (Å²) in [5.74, 6) is 0.0697. The third-order valence-corrected chi connectivity index (χ3v) is 3.01. The molecule has 2 N–H and O–H groups in total. The van der Waals surface area contributed by atoms with Crippen LogP contribution in [0.3, 0.4) is 0 Å². The van der Waals surface area contributed by atoms with E-state index < -0.39 is 17.8 Å². The number of nitrogens with zero attached hydrogens (tertiary/aromatic N) is 1. The van der Waals surface area contributed by atoms with Crippen molar-refractivity contribution in [2.45, 2.75) is 6.18 Å². The fourth-order valence-corrected chi connectivity index (χ4v) is 1.74. The molecule has 0 saturated heterocycles. The van der Waals surface area contributed by atoms with Crippen molar-refractivity contribution in [1.82, 2.24) is 0 Å². The van der Waals surface area contributed by atoms with Gasteiger partial charge in [-0.1, -0.05) is 0 Å². The number of urea groups is 1. The lowest BCUT2D eigenvalue weighted by molar-refractivity contribution is -0.137. The minimum absolute atomic E-state index is 0.0697. The highest BCUT2D eigenvalue weighted by atomic mass is 19.4. The summed E-state index contributed by atoms with van der Waals surface area (Å²) in [5.41, 5.74) is 0.00299. The SMILES string of the molecule is CN(C(=O)Nc1ccc(C(F)(F)F)cc1)c1ccc(O)cc1. The average Bonchev–Trinajstić information content (AvgIpc) is 2.47. The van der Waals surface area contributed by atoms with Gasteiger partial charge in [0.25, 0.3) is 0 Å². The first-order chi connectivity index (χ1) is 10.3. The summed E-state index contributed by atoms with van der Waals surface area (Å²) in [6, 6.07) is 9.60. The van der Waals surface area contributed by atoms with Crippen LogP contribution in [0.25, 0.3) is 0 Å². The molecule has 0 aromatic heterocycles. The van der Waals surface area contributed by atoms with E-state index in [9.17, 15) is 23.1 Å². The molecule has 0 saturated carbocycles. The number of hydrogen-bond acceptors (Lipinski definition) is 2. The summed E-state index contributed by atoms with van der Waals surface area (Å²) in [6.07, 6.45) is -4.41. The zero-order valence-corrected chi connectivity index (χ0v) is 11.6. The third-order valence-electron chi connectivity index (χ3n) is 3.01. The molecule has 0 heterocycles. The molecule has 0 unspecified atom stereocenters. The smallest absolute Gasteiger partial charge is 0.416 e. The number of anilines is 2. The van der Waals surface area contributed by atoms with Gasteiger partial charge >= 0.3 is 12.2 Å². The van der Waals surface area contributed by atoms with Crippen LogP contribution >= 0.6 is 0 Å². The largest absolute Gasteiger partial charge is 0.508 e. The van der Waals surface area contributed by atoms with E-state index in [4.69, 9.17) is 0 Å². The summed E-state index contributed by atoms with van der Waals surface area (Å²) in [5, 5.41) is 11.7. The Kier molecular flexibility index (Phi) is 4.25. The van der Waals surface area contributed by atoms with E-state index in [0.29, 0.717) is 5.69 Å². The lowest BCUT2D eigenvalue weighted by atomic mass is 10.2. The normalized spacial score (nSPS) is 11.1. The van der Waals surface area contributed by atoms with Gasteiger partial charge in [0, 0.05) is 18.4 Å². The van der Waals surface area contributed by atoms with Gasteiger partial charge in [-0.2, -0.15) is 13.2 Å². The molecular weight excluding hydrogens is 297 g/mol. The zero-order chi connectivity index (χ0) is 16.3. The van der Waals surface area contributed by atoms with Gasteiger partial charge in [0.05, 0.1) is 5.56 Å². The molecule has 2 aromatic carbocycles. The Morgan fingerprint density at radius 1 is 1.05 bits per heavy atom. The summed E-state index contributed by atoms with van der Waals surface area (Å²) < 4.78 is 37.3. The van der Waals surface area contributed by atoms with Crippen LogP contribution < -0.4 is 10.2 Å². The average molecular weight is 310 g/mol. The van der Waals surface area contributed by atoms with Crippen LogP contribution in [-0.4, -0.2) is 18.2 Å². The lowest BCUT2D eigenvalue weighted by Gasteiger charge is -2.18. The predicted molar refractivity (Wildman–Crippen MR) is 77.0 cm³/mol. The van der Waals surface area contributed by atoms with Crippen molar-refractivity contribution in [3.63, 3.8) is 0 Å². The summed E-state index contributed by atoms with van der Waals surface area (Å²) >= 11 is 0. The minimum atomic E-state index is -4.41. The molecule has 0 spiro atoms. The van der Waals surface area contributed by atoms with E-state index in [0.717, 1.165) is 12.1 Å². The third kappa shape index (κ3) is 3.69. The van der Waals surface area contributed by atoms with E-state index in [1.807, 2.05) is 0 Å². The Balaban J connectivity index is 2.06. The second kappa shape index (κ2) is 5.97. The molecule has 22 heavy (non-hydrogen) atoms. The van der Waals surface area contributed by atoms with Crippen molar-refractivity contribution in [3.05, 3.63) is 54.1 Å². The van der Waals surface area contributed by atoms with E-state index in [2.05, 4.69) is 5.32 Å². The van der Waals surface area contributed by atoms with Crippen LogP contribution in [0.5, 0.6) is 5.75 Å². The summed E-state index contributed by atoms with van der Waals surface area (Å²) in [6.45, 7) is 0. The second-order valence-electron chi connectivity index (χ2n) is 4.58. The van der Waals surface area contributed by atoms with Crippen LogP contribution in [0.4, 0.5) is 29.3 Å². The molecule has 0 aliphatic heterocycles. The monoisotopic (exact) mass is 310 g/mol. The quantitative estimate of drug-likeness (QED) is 0.878. The Hall–Kier alpha value is -2.70. The molecule has 116 valence electrons. The number of rotatable bonds is 2. The van der Waals surface area contributed by atoms with Gasteiger partial charge in [-0.05, 0) is 48.5 Å². The molecule has 0 bridgehead atoms. The maximum atomic E-state index is 12.4. The highest BCUT2D eigenvalue weighted by Gasteiger charge is 2.30. The minimum Gasteiger partial charge on any atom is -0.508 e. The second-order valence-corrected chi connectivity index (χ2v) is 4.58. The number of nitrogens with one attached hydrogen (secondary N) is 1. The van der Waals surface area contributed by atoms with Crippen LogP contribution in [-0.2, 0) is 6.18 Å². The number of phenolic OH excluding ortho intramolecular Hbond substituents is 1. The van der Waals surface area contributed by atoms with Crippen molar-refractivity contribution in [2.24, 2.45) is 0 Å². The maximum absolute atomic E-state index is 12.4. The number of benzene rings is 2. The fourth-order valence-electron chi connectivity index (χ4n) is 1.74. The van der Waals surface area contributed by atoms with Crippen LogP contribution in [0.15, 0.2) is 48.5 Å². The van der Waals surface area contributed by atoms with Crippen molar-refractivity contribution in [3.8, 4) is 5.75 Å². The van der Waals surface area contributed by atoms with E-state index in [-0.39, 0.29) is 11.4 Å². The van der Waals surface area contributed by atoms with Crippen LogP contribution in [0.1, 0.15) is 5.56 Å². The van der Waals surface area contributed by atoms with Crippen molar-refractivity contribution < 1.29 is 23.1 Å². The Bertz CT molecular complexity index is 652. The Morgan fingerprint density at radius 2 is 1.59 bits per heavy atom. The molecule has 2 aromatic rings. The number of halogens is 3. The van der Waals surface area contributed by atoms with E-state index in [1.54, 1.807) is 12.1 Å². The van der Waals surface area contributed by atoms with Gasteiger partial charge < -0.3 is 10.4 Å². The molecule has 0 radical (unpaired) electrons. The van der Waals surface area contributed by atoms with Gasteiger partial charge in [-0.15, -0.1) is 0 Å². The van der Waals surface area contributed by atoms with Gasteiger partial charge in [0.2, 0.25) is 0 Å². The van der Waals surface area contributed by atoms with Gasteiger partial charge in [-0.3, -0.25) is 4.90 Å². The van der Waals surface area contributed by atoms with Crippen LogP contribution in [0.2, 0.25) is 0 Å². The Morgan fingerprint density at radius 3 is 2.09 bits per heavy atom. The number of carbonyl (C=O) groups is 1. The molecule has 0 aliphatic rings. The fraction of sp³-hybridized carbons (Fsp3) is 0.133. The lowest BCUT2D eigenvalue weighted by Crippen LogP contribution is -2.31. The number of hydrogen-bond donors (Lipinski definition) is 2. The number of amides is 2. The predicted octanol–water partition coefficient (Wildman–Crippen LogP) is 4.08. The first-order valence-electron chi connectivity index (χ1n) is 6.28. The van der Waals surface area contributed by atoms with E-state index >= 15 is 0 Å². The Labute approximate surface area is 124 Å². The first-order valence-corrected chi connectivity index (χ1v) is 6.28. The number of phenols is 1. The topological polar surface area (TPSA) is 52.6 Å². The number of carbonyl (C=O) groups excluding carboxylic acids is 1. The number of alkyl halides is 3. The molecule has 7 heteroatoms. The van der Waals surface area contributed by atoms with Gasteiger partial charge in [0.15, 0.2) is 0 Å². The summed E-state index contributed by atoms with van der Waals surface area (Å²) in [7, 11) is 1.51. The highest BCUT2D eigenvalue weighted by Crippen LogP contribution is 2.29. The standard InChI is InChI=1S/C15H13F3N2O2/c1-20(12-6-8-13(21)9-7-12)14(22)19-11-4-2-10(3-5-11)15(16,17)18/h2-9,21H,1H3,(H,19,22). The van der Waals surface area contributed by atoms with Crippen molar-refractivity contribution >= 4 is 17.4 Å².